The van der Waals surface area contributed by atoms with Gasteiger partial charge in [-0.15, -0.1) is 11.6 Å². The summed E-state index contributed by atoms with van der Waals surface area (Å²) in [7, 11) is 0. The Kier molecular flexibility index (Phi) is 8.46. The second kappa shape index (κ2) is 11.1. The molecule has 0 aliphatic carbocycles. The molecule has 3 atom stereocenters. The first-order valence-corrected chi connectivity index (χ1v) is 10.8. The number of amides is 2. The highest BCUT2D eigenvalue weighted by Gasteiger charge is 2.30. The van der Waals surface area contributed by atoms with E-state index in [4.69, 9.17) is 27.9 Å². The first-order chi connectivity index (χ1) is 14.4. The Balaban J connectivity index is 1.30. The lowest BCUT2D eigenvalue weighted by molar-refractivity contribution is -0.132. The minimum atomic E-state index is -0.632. The van der Waals surface area contributed by atoms with Crippen LogP contribution in [0.15, 0.2) is 12.4 Å². The van der Waals surface area contributed by atoms with Gasteiger partial charge in [0.25, 0.3) is 5.91 Å². The molecular weight excluding hydrogens is 433 g/mol. The SMILES string of the molecule is C[C@@H](COCCC(=O)N1CCN(c2ncc(Cl)cn2)CC1)NC1CNNC(=O)C1Cl. The normalized spacial score (nSPS) is 23.2. The summed E-state index contributed by atoms with van der Waals surface area (Å²) in [5, 5.41) is 3.14. The van der Waals surface area contributed by atoms with Gasteiger partial charge >= 0.3 is 0 Å². The molecule has 2 fully saturated rings. The van der Waals surface area contributed by atoms with Crippen molar-refractivity contribution in [2.45, 2.75) is 30.8 Å². The number of halogens is 2. The first-order valence-electron chi connectivity index (χ1n) is 9.95. The van der Waals surface area contributed by atoms with E-state index in [1.165, 1.54) is 0 Å². The van der Waals surface area contributed by atoms with Gasteiger partial charge in [0.05, 0.1) is 37.1 Å². The highest BCUT2D eigenvalue weighted by molar-refractivity contribution is 6.31. The number of ether oxygens (including phenoxy) is 1. The Morgan fingerprint density at radius 3 is 2.73 bits per heavy atom. The van der Waals surface area contributed by atoms with Crippen LogP contribution in [0.25, 0.3) is 0 Å². The standard InChI is InChI=1S/C18H27Cl2N7O3/c1-12(24-14-10-23-25-17(29)16(14)20)11-30-7-2-15(28)26-3-5-27(6-4-26)18-21-8-13(19)9-22-18/h8-9,12,14,16,23-24H,2-7,10-11H2,1H3,(H,25,29)/t12-,14?,16?/m0/s1. The van der Waals surface area contributed by atoms with Crippen LogP contribution in [-0.2, 0) is 14.3 Å². The largest absolute Gasteiger partial charge is 0.379 e. The Morgan fingerprint density at radius 1 is 1.33 bits per heavy atom. The molecule has 0 saturated carbocycles. The van der Waals surface area contributed by atoms with Crippen LogP contribution in [0.2, 0.25) is 5.02 Å². The molecular formula is C18H27Cl2N7O3. The number of nitrogens with one attached hydrogen (secondary N) is 3. The van der Waals surface area contributed by atoms with Crippen molar-refractivity contribution in [2.24, 2.45) is 0 Å². The third kappa shape index (κ3) is 6.39. The van der Waals surface area contributed by atoms with E-state index in [2.05, 4.69) is 26.1 Å². The number of hydrogen-bond acceptors (Lipinski definition) is 8. The summed E-state index contributed by atoms with van der Waals surface area (Å²) in [6.45, 7) is 5.87. The summed E-state index contributed by atoms with van der Waals surface area (Å²) in [5.74, 6) is 0.448. The molecule has 10 nitrogen and oxygen atoms in total. The monoisotopic (exact) mass is 459 g/mol. The molecule has 0 aromatic carbocycles. The number of alkyl halides is 1. The average Bonchev–Trinajstić information content (AvgIpc) is 2.75. The van der Waals surface area contributed by atoms with E-state index in [0.717, 1.165) is 0 Å². The van der Waals surface area contributed by atoms with Crippen molar-refractivity contribution in [3.05, 3.63) is 17.4 Å². The van der Waals surface area contributed by atoms with Gasteiger partial charge < -0.3 is 19.9 Å². The van der Waals surface area contributed by atoms with Gasteiger partial charge in [-0.1, -0.05) is 11.6 Å². The number of anilines is 1. The van der Waals surface area contributed by atoms with E-state index >= 15 is 0 Å². The van der Waals surface area contributed by atoms with E-state index in [1.54, 1.807) is 12.4 Å². The maximum absolute atomic E-state index is 12.4. The molecule has 2 aliphatic heterocycles. The predicted octanol–water partition coefficient (Wildman–Crippen LogP) is -0.226. The number of rotatable bonds is 8. The molecule has 3 rings (SSSR count). The maximum Gasteiger partial charge on any atom is 0.253 e. The van der Waals surface area contributed by atoms with Crippen molar-refractivity contribution in [3.63, 3.8) is 0 Å². The van der Waals surface area contributed by atoms with E-state index in [9.17, 15) is 9.59 Å². The summed E-state index contributed by atoms with van der Waals surface area (Å²) >= 11 is 11.9. The predicted molar refractivity (Wildman–Crippen MR) is 113 cm³/mol. The van der Waals surface area contributed by atoms with Crippen LogP contribution in [0.3, 0.4) is 0 Å². The zero-order valence-electron chi connectivity index (χ0n) is 16.8. The van der Waals surface area contributed by atoms with Crippen LogP contribution in [0.5, 0.6) is 0 Å². The molecule has 0 radical (unpaired) electrons. The van der Waals surface area contributed by atoms with E-state index in [-0.39, 0.29) is 23.9 Å². The molecule has 3 heterocycles. The van der Waals surface area contributed by atoms with Crippen LogP contribution in [-0.4, -0.2) is 90.1 Å². The van der Waals surface area contributed by atoms with E-state index < -0.39 is 5.38 Å². The lowest BCUT2D eigenvalue weighted by Crippen LogP contribution is -2.62. The van der Waals surface area contributed by atoms with Gasteiger partial charge in [0.2, 0.25) is 11.9 Å². The lowest BCUT2D eigenvalue weighted by atomic mass is 10.1. The molecule has 3 N–H and O–H groups in total. The summed E-state index contributed by atoms with van der Waals surface area (Å²) in [4.78, 5) is 36.3. The van der Waals surface area contributed by atoms with Crippen LogP contribution >= 0.6 is 23.2 Å². The molecule has 2 amide bonds. The summed E-state index contributed by atoms with van der Waals surface area (Å²) in [6.07, 6.45) is 3.47. The molecule has 1 aromatic heterocycles. The molecule has 30 heavy (non-hydrogen) atoms. The Morgan fingerprint density at radius 2 is 2.03 bits per heavy atom. The van der Waals surface area contributed by atoms with Gasteiger partial charge in [0.1, 0.15) is 5.38 Å². The van der Waals surface area contributed by atoms with E-state index in [1.807, 2.05) is 16.7 Å². The highest BCUT2D eigenvalue weighted by atomic mass is 35.5. The number of hydrogen-bond donors (Lipinski definition) is 3. The van der Waals surface area contributed by atoms with Gasteiger partial charge in [-0.05, 0) is 6.92 Å². The maximum atomic E-state index is 12.4. The Hall–Kier alpha value is -1.72. The smallest absolute Gasteiger partial charge is 0.253 e. The van der Waals surface area contributed by atoms with Crippen molar-refractivity contribution in [2.75, 3.05) is 50.8 Å². The van der Waals surface area contributed by atoms with Crippen molar-refractivity contribution >= 4 is 41.0 Å². The van der Waals surface area contributed by atoms with Crippen LogP contribution in [0, 0.1) is 0 Å². The quantitative estimate of drug-likeness (QED) is 0.361. The van der Waals surface area contributed by atoms with Crippen molar-refractivity contribution < 1.29 is 14.3 Å². The second-order valence-corrected chi connectivity index (χ2v) is 8.25. The van der Waals surface area contributed by atoms with Gasteiger partial charge in [-0.25, -0.2) is 15.4 Å². The van der Waals surface area contributed by atoms with Crippen LogP contribution in [0.4, 0.5) is 5.95 Å². The molecule has 1 aromatic rings. The number of nitrogens with zero attached hydrogens (tertiary/aromatic N) is 4. The molecule has 2 unspecified atom stereocenters. The molecule has 2 saturated heterocycles. The number of piperazine rings is 1. The van der Waals surface area contributed by atoms with Gasteiger partial charge in [0, 0.05) is 44.8 Å². The highest BCUT2D eigenvalue weighted by Crippen LogP contribution is 2.13. The number of carbonyl (C=O) groups is 2. The zero-order chi connectivity index (χ0) is 21.5. The summed E-state index contributed by atoms with van der Waals surface area (Å²) in [6, 6.07) is -0.177. The first kappa shape index (κ1) is 23.0. The second-order valence-electron chi connectivity index (χ2n) is 7.34. The van der Waals surface area contributed by atoms with Crippen molar-refractivity contribution in [3.8, 4) is 0 Å². The van der Waals surface area contributed by atoms with Gasteiger partial charge in [0.15, 0.2) is 0 Å². The van der Waals surface area contributed by atoms with E-state index in [0.29, 0.717) is 63.3 Å². The fraction of sp³-hybridized carbons (Fsp3) is 0.667. The minimum absolute atomic E-state index is 0.00183. The van der Waals surface area contributed by atoms with Gasteiger partial charge in [-0.3, -0.25) is 15.0 Å². The fourth-order valence-corrected chi connectivity index (χ4v) is 3.68. The van der Waals surface area contributed by atoms with Crippen LogP contribution < -0.4 is 21.1 Å². The van der Waals surface area contributed by atoms with Gasteiger partial charge in [-0.2, -0.15) is 0 Å². The molecule has 0 spiro atoms. The molecule has 0 bridgehead atoms. The number of aromatic nitrogens is 2. The minimum Gasteiger partial charge on any atom is -0.379 e. The zero-order valence-corrected chi connectivity index (χ0v) is 18.3. The fourth-order valence-electron chi connectivity index (χ4n) is 3.36. The summed E-state index contributed by atoms with van der Waals surface area (Å²) < 4.78 is 5.65. The third-order valence-corrected chi connectivity index (χ3v) is 5.68. The molecule has 2 aliphatic rings. The average molecular weight is 460 g/mol. The topological polar surface area (TPSA) is 112 Å². The Bertz CT molecular complexity index is 716. The molecule has 12 heteroatoms. The third-order valence-electron chi connectivity index (χ3n) is 4.99. The molecule has 166 valence electrons. The van der Waals surface area contributed by atoms with Crippen molar-refractivity contribution in [1.82, 2.24) is 31.0 Å². The Labute approximate surface area is 185 Å². The lowest BCUT2D eigenvalue weighted by Gasteiger charge is -2.34. The number of hydrazine groups is 1. The van der Waals surface area contributed by atoms with Crippen molar-refractivity contribution in [1.29, 1.82) is 0 Å². The summed E-state index contributed by atoms with van der Waals surface area (Å²) in [5.41, 5.74) is 5.30. The number of carbonyl (C=O) groups excluding carboxylic acids is 2. The van der Waals surface area contributed by atoms with Crippen LogP contribution in [0.1, 0.15) is 13.3 Å².